The van der Waals surface area contributed by atoms with Crippen LogP contribution in [0.5, 0.6) is 0 Å². The molecule has 0 saturated carbocycles. The van der Waals surface area contributed by atoms with Crippen LogP contribution in [-0.2, 0) is 13.0 Å². The van der Waals surface area contributed by atoms with E-state index >= 15 is 0 Å². The largest absolute Gasteiger partial charge is 0.312 e. The zero-order valence-corrected chi connectivity index (χ0v) is 8.09. The molecule has 0 unspecified atom stereocenters. The number of aromatic nitrogens is 5. The van der Waals surface area contributed by atoms with Crippen LogP contribution in [0.1, 0.15) is 11.3 Å². The van der Waals surface area contributed by atoms with E-state index in [4.69, 9.17) is 0 Å². The highest BCUT2D eigenvalue weighted by molar-refractivity contribution is 5.36. The molecule has 0 bridgehead atoms. The molecule has 2 aromatic heterocycles. The minimum Gasteiger partial charge on any atom is -0.312 e. The fourth-order valence-corrected chi connectivity index (χ4v) is 1.77. The number of nitrogens with zero attached hydrogens (tertiary/aromatic N) is 5. The standard InChI is InChI=1S/C9H10N6/c1-2-10-3-7-8(1)12-5-13-9(7)15-6-11-4-14-15/h4-6,10H,1-3H2. The number of nitrogens with one attached hydrogen (secondary N) is 1. The first-order valence-corrected chi connectivity index (χ1v) is 4.83. The second kappa shape index (κ2) is 3.39. The Morgan fingerprint density at radius 1 is 1.27 bits per heavy atom. The molecule has 0 saturated heterocycles. The van der Waals surface area contributed by atoms with Gasteiger partial charge < -0.3 is 5.32 Å². The lowest BCUT2D eigenvalue weighted by Gasteiger charge is -2.17. The highest BCUT2D eigenvalue weighted by atomic mass is 15.3. The van der Waals surface area contributed by atoms with Gasteiger partial charge in [0.25, 0.3) is 0 Å². The molecule has 1 N–H and O–H groups in total. The summed E-state index contributed by atoms with van der Waals surface area (Å²) in [6, 6.07) is 0. The first-order valence-electron chi connectivity index (χ1n) is 4.83. The predicted octanol–water partition coefficient (Wildman–Crippen LogP) is -0.297. The predicted molar refractivity (Wildman–Crippen MR) is 52.4 cm³/mol. The molecule has 0 radical (unpaired) electrons. The molecule has 0 amide bonds. The van der Waals surface area contributed by atoms with E-state index in [-0.39, 0.29) is 0 Å². The van der Waals surface area contributed by atoms with Crippen molar-refractivity contribution in [3.8, 4) is 5.82 Å². The average molecular weight is 202 g/mol. The van der Waals surface area contributed by atoms with Gasteiger partial charge in [-0.05, 0) is 0 Å². The van der Waals surface area contributed by atoms with Crippen LogP contribution in [0.4, 0.5) is 0 Å². The van der Waals surface area contributed by atoms with Gasteiger partial charge in [0.2, 0.25) is 0 Å². The summed E-state index contributed by atoms with van der Waals surface area (Å²) >= 11 is 0. The second-order valence-corrected chi connectivity index (χ2v) is 3.39. The summed E-state index contributed by atoms with van der Waals surface area (Å²) in [4.78, 5) is 12.4. The monoisotopic (exact) mass is 202 g/mol. The molecule has 3 rings (SSSR count). The summed E-state index contributed by atoms with van der Waals surface area (Å²) in [5.41, 5.74) is 2.23. The molecular weight excluding hydrogens is 192 g/mol. The molecule has 0 aliphatic carbocycles. The van der Waals surface area contributed by atoms with Crippen molar-refractivity contribution in [1.82, 2.24) is 30.0 Å². The molecule has 76 valence electrons. The molecule has 1 aliphatic rings. The van der Waals surface area contributed by atoms with Crippen LogP contribution < -0.4 is 5.32 Å². The molecular formula is C9H10N6. The molecule has 0 aromatic carbocycles. The lowest BCUT2D eigenvalue weighted by atomic mass is 10.1. The Morgan fingerprint density at radius 2 is 2.27 bits per heavy atom. The third kappa shape index (κ3) is 1.39. The minimum absolute atomic E-state index is 0.797. The number of fused-ring (bicyclic) bond motifs is 1. The average Bonchev–Trinajstić information content (AvgIpc) is 2.82. The van der Waals surface area contributed by atoms with Crippen LogP contribution >= 0.6 is 0 Å². The van der Waals surface area contributed by atoms with E-state index in [1.54, 1.807) is 17.3 Å². The van der Waals surface area contributed by atoms with Gasteiger partial charge in [0, 0.05) is 25.1 Å². The van der Waals surface area contributed by atoms with E-state index in [1.165, 1.54) is 6.33 Å². The van der Waals surface area contributed by atoms with Crippen molar-refractivity contribution in [3.05, 3.63) is 30.2 Å². The Kier molecular flexibility index (Phi) is 1.92. The Morgan fingerprint density at radius 3 is 3.13 bits per heavy atom. The van der Waals surface area contributed by atoms with E-state index in [2.05, 4.69) is 25.4 Å². The molecule has 2 aromatic rings. The minimum atomic E-state index is 0.797. The topological polar surface area (TPSA) is 68.5 Å². The zero-order chi connectivity index (χ0) is 10.1. The van der Waals surface area contributed by atoms with Crippen molar-refractivity contribution in [1.29, 1.82) is 0 Å². The van der Waals surface area contributed by atoms with E-state index in [0.717, 1.165) is 36.6 Å². The third-order valence-electron chi connectivity index (χ3n) is 2.49. The fourth-order valence-electron chi connectivity index (χ4n) is 1.77. The van der Waals surface area contributed by atoms with E-state index in [9.17, 15) is 0 Å². The summed E-state index contributed by atoms with van der Waals surface area (Å²) in [6.07, 6.45) is 5.68. The SMILES string of the molecule is c1nc2c(c(-n3cncn3)n1)CNCC2. The van der Waals surface area contributed by atoms with E-state index in [0.29, 0.717) is 0 Å². The number of rotatable bonds is 1. The second-order valence-electron chi connectivity index (χ2n) is 3.39. The van der Waals surface area contributed by atoms with Crippen molar-refractivity contribution < 1.29 is 0 Å². The third-order valence-corrected chi connectivity index (χ3v) is 2.49. The molecule has 6 heteroatoms. The van der Waals surface area contributed by atoms with Crippen molar-refractivity contribution in [2.45, 2.75) is 13.0 Å². The van der Waals surface area contributed by atoms with Crippen LogP contribution in [0, 0.1) is 0 Å². The summed E-state index contributed by atoms with van der Waals surface area (Å²) in [7, 11) is 0. The van der Waals surface area contributed by atoms with Crippen LogP contribution in [0.2, 0.25) is 0 Å². The Bertz CT molecular complexity index is 463. The maximum Gasteiger partial charge on any atom is 0.163 e. The van der Waals surface area contributed by atoms with Gasteiger partial charge >= 0.3 is 0 Å². The zero-order valence-electron chi connectivity index (χ0n) is 8.09. The van der Waals surface area contributed by atoms with Crippen molar-refractivity contribution in [3.63, 3.8) is 0 Å². The Hall–Kier alpha value is -1.82. The molecule has 0 spiro atoms. The van der Waals surface area contributed by atoms with E-state index < -0.39 is 0 Å². The highest BCUT2D eigenvalue weighted by Crippen LogP contribution is 2.16. The van der Waals surface area contributed by atoms with Crippen molar-refractivity contribution in [2.75, 3.05) is 6.54 Å². The van der Waals surface area contributed by atoms with Gasteiger partial charge in [-0.15, -0.1) is 0 Å². The molecule has 0 atom stereocenters. The van der Waals surface area contributed by atoms with Crippen LogP contribution in [-0.4, -0.2) is 31.3 Å². The van der Waals surface area contributed by atoms with Gasteiger partial charge in [-0.25, -0.2) is 19.6 Å². The molecule has 6 nitrogen and oxygen atoms in total. The smallest absolute Gasteiger partial charge is 0.163 e. The van der Waals surface area contributed by atoms with Gasteiger partial charge in [-0.1, -0.05) is 0 Å². The van der Waals surface area contributed by atoms with Gasteiger partial charge in [0.1, 0.15) is 19.0 Å². The first kappa shape index (κ1) is 8.49. The van der Waals surface area contributed by atoms with E-state index in [1.807, 2.05) is 0 Å². The summed E-state index contributed by atoms with van der Waals surface area (Å²) in [5, 5.41) is 7.38. The fraction of sp³-hybridized carbons (Fsp3) is 0.333. The van der Waals surface area contributed by atoms with Crippen molar-refractivity contribution in [2.24, 2.45) is 0 Å². The van der Waals surface area contributed by atoms with Crippen LogP contribution in [0.15, 0.2) is 19.0 Å². The summed E-state index contributed by atoms with van der Waals surface area (Å²) in [5.74, 6) is 0.824. The number of hydrogen-bond acceptors (Lipinski definition) is 5. The van der Waals surface area contributed by atoms with Crippen LogP contribution in [0.25, 0.3) is 5.82 Å². The molecule has 1 aliphatic heterocycles. The summed E-state index contributed by atoms with van der Waals surface area (Å²) < 4.78 is 1.67. The number of hydrogen-bond donors (Lipinski definition) is 1. The Labute approximate surface area is 86.4 Å². The van der Waals surface area contributed by atoms with Crippen LogP contribution in [0.3, 0.4) is 0 Å². The molecule has 3 heterocycles. The molecule has 15 heavy (non-hydrogen) atoms. The van der Waals surface area contributed by atoms with Crippen molar-refractivity contribution >= 4 is 0 Å². The lowest BCUT2D eigenvalue weighted by molar-refractivity contribution is 0.616. The first-order chi connectivity index (χ1) is 7.45. The Balaban J connectivity index is 2.15. The van der Waals surface area contributed by atoms with Gasteiger partial charge in [0.05, 0.1) is 5.69 Å². The lowest BCUT2D eigenvalue weighted by Crippen LogP contribution is -2.26. The summed E-state index contributed by atoms with van der Waals surface area (Å²) in [6.45, 7) is 1.77. The maximum atomic E-state index is 4.28. The van der Waals surface area contributed by atoms with Gasteiger partial charge in [-0.3, -0.25) is 0 Å². The van der Waals surface area contributed by atoms with Gasteiger partial charge in [0.15, 0.2) is 5.82 Å². The maximum absolute atomic E-state index is 4.28. The molecule has 0 fully saturated rings. The normalized spacial score (nSPS) is 14.9. The van der Waals surface area contributed by atoms with Gasteiger partial charge in [-0.2, -0.15) is 5.10 Å². The highest BCUT2D eigenvalue weighted by Gasteiger charge is 2.16. The quantitative estimate of drug-likeness (QED) is 0.687.